The average molecular weight is 467 g/mol. The molecule has 0 radical (unpaired) electrons. The second-order valence-electron chi connectivity index (χ2n) is 8.57. The Balaban J connectivity index is 1.56. The summed E-state index contributed by atoms with van der Waals surface area (Å²) in [4.78, 5) is 24.6. The summed E-state index contributed by atoms with van der Waals surface area (Å²) in [6.45, 7) is 8.86. The van der Waals surface area contributed by atoms with E-state index >= 15 is 0 Å². The third-order valence-corrected chi connectivity index (χ3v) is 7.30. The third-order valence-electron chi connectivity index (χ3n) is 6.28. The van der Waals surface area contributed by atoms with Gasteiger partial charge in [-0.05, 0) is 37.8 Å². The Morgan fingerprint density at radius 2 is 2.06 bits per heavy atom. The number of hydrogen-bond donors (Lipinski definition) is 1. The van der Waals surface area contributed by atoms with E-state index in [4.69, 9.17) is 14.8 Å². The number of carbonyl (C=O) groups excluding carboxylic acids is 1. The topological polar surface area (TPSA) is 85.2 Å². The second-order valence-corrected chi connectivity index (χ2v) is 9.57. The minimum absolute atomic E-state index is 0.0947. The van der Waals surface area contributed by atoms with Crippen LogP contribution in [0.15, 0.2) is 18.3 Å². The van der Waals surface area contributed by atoms with Crippen LogP contribution in [0.1, 0.15) is 37.2 Å². The van der Waals surface area contributed by atoms with Crippen molar-refractivity contribution >= 4 is 22.4 Å². The van der Waals surface area contributed by atoms with E-state index in [1.807, 2.05) is 6.20 Å². The zero-order chi connectivity index (χ0) is 22.8. The van der Waals surface area contributed by atoms with Crippen molar-refractivity contribution in [2.75, 3.05) is 38.2 Å². The Morgan fingerprint density at radius 3 is 2.79 bits per heavy atom. The summed E-state index contributed by atoms with van der Waals surface area (Å²) in [6.07, 6.45) is 5.73. The molecule has 1 fully saturated rings. The van der Waals surface area contributed by atoms with Gasteiger partial charge in [0.2, 0.25) is 5.91 Å². The summed E-state index contributed by atoms with van der Waals surface area (Å²) >= 11 is 1.56. The van der Waals surface area contributed by atoms with Crippen molar-refractivity contribution < 1.29 is 9.53 Å². The number of rotatable bonds is 6. The molecule has 174 valence electrons. The lowest BCUT2D eigenvalue weighted by Gasteiger charge is -2.26. The van der Waals surface area contributed by atoms with Gasteiger partial charge in [-0.3, -0.25) is 19.4 Å². The Bertz CT molecular complexity index is 1130. The predicted octanol–water partition coefficient (Wildman–Crippen LogP) is 3.41. The molecular weight excluding hydrogens is 436 g/mol. The van der Waals surface area contributed by atoms with Gasteiger partial charge in [-0.1, -0.05) is 18.3 Å². The predicted molar refractivity (Wildman–Crippen MR) is 130 cm³/mol. The fourth-order valence-corrected chi connectivity index (χ4v) is 5.70. The number of carbonyl (C=O) groups is 1. The van der Waals surface area contributed by atoms with Gasteiger partial charge in [0.05, 0.1) is 41.7 Å². The van der Waals surface area contributed by atoms with Crippen molar-refractivity contribution in [2.45, 2.75) is 46.1 Å². The fraction of sp³-hybridized carbons (Fsp3) is 0.500. The summed E-state index contributed by atoms with van der Waals surface area (Å²) in [5.41, 5.74) is 6.63. The van der Waals surface area contributed by atoms with Gasteiger partial charge in [-0.15, -0.1) is 0 Å². The standard InChI is InChI=1S/C24H30N6O2S/c1-3-18-8-7-17(15-25-18)21-19-5-4-6-20-23(33-24(27-20)26-16(2)31)22(19)30(28-21)10-9-29-11-13-32-14-12-29/h7-8,15H,3-6,9-14H2,1-2H3,(H,26,27,31). The molecule has 0 aromatic carbocycles. The van der Waals surface area contributed by atoms with E-state index in [1.165, 1.54) is 12.5 Å². The normalized spacial score (nSPS) is 16.2. The van der Waals surface area contributed by atoms with E-state index in [1.54, 1.807) is 11.3 Å². The minimum atomic E-state index is -0.0947. The van der Waals surface area contributed by atoms with Crippen LogP contribution in [-0.2, 0) is 35.3 Å². The molecule has 9 heteroatoms. The maximum Gasteiger partial charge on any atom is 0.223 e. The fourth-order valence-electron chi connectivity index (χ4n) is 4.56. The van der Waals surface area contributed by atoms with Gasteiger partial charge in [-0.25, -0.2) is 4.98 Å². The van der Waals surface area contributed by atoms with Gasteiger partial charge in [0.1, 0.15) is 0 Å². The second kappa shape index (κ2) is 9.70. The first-order valence-electron chi connectivity index (χ1n) is 11.7. The number of nitrogens with zero attached hydrogens (tertiary/aromatic N) is 5. The zero-order valence-corrected chi connectivity index (χ0v) is 20.1. The van der Waals surface area contributed by atoms with Crippen LogP contribution >= 0.6 is 11.3 Å². The quantitative estimate of drug-likeness (QED) is 0.599. The molecule has 0 atom stereocenters. The van der Waals surface area contributed by atoms with Crippen molar-refractivity contribution in [1.82, 2.24) is 24.6 Å². The number of nitrogens with one attached hydrogen (secondary N) is 1. The number of aryl methyl sites for hydroxylation is 2. The van der Waals surface area contributed by atoms with Crippen LogP contribution in [0.2, 0.25) is 0 Å². The Morgan fingerprint density at radius 1 is 1.21 bits per heavy atom. The van der Waals surface area contributed by atoms with Gasteiger partial charge in [0.25, 0.3) is 0 Å². The first kappa shape index (κ1) is 22.2. The van der Waals surface area contributed by atoms with Crippen LogP contribution in [0.25, 0.3) is 21.8 Å². The third kappa shape index (κ3) is 4.71. The number of pyridine rings is 1. The Labute approximate surface area is 198 Å². The van der Waals surface area contributed by atoms with E-state index in [-0.39, 0.29) is 5.91 Å². The Kier molecular flexibility index (Phi) is 6.52. The van der Waals surface area contributed by atoms with Crippen molar-refractivity contribution in [3.8, 4) is 21.8 Å². The smallest absolute Gasteiger partial charge is 0.223 e. The van der Waals surface area contributed by atoms with Gasteiger partial charge in [0, 0.05) is 49.6 Å². The van der Waals surface area contributed by atoms with E-state index in [2.05, 4.69) is 38.9 Å². The summed E-state index contributed by atoms with van der Waals surface area (Å²) in [6, 6.07) is 4.24. The molecule has 3 aromatic rings. The van der Waals surface area contributed by atoms with Crippen molar-refractivity contribution in [3.05, 3.63) is 35.3 Å². The molecule has 0 spiro atoms. The molecule has 2 aliphatic rings. The maximum atomic E-state index is 11.6. The van der Waals surface area contributed by atoms with Crippen molar-refractivity contribution in [1.29, 1.82) is 0 Å². The molecule has 5 rings (SSSR count). The monoisotopic (exact) mass is 466 g/mol. The Hall–Kier alpha value is -2.62. The number of ether oxygens (including phenoxy) is 1. The molecule has 1 aliphatic heterocycles. The number of hydrogen-bond acceptors (Lipinski definition) is 7. The highest BCUT2D eigenvalue weighted by atomic mass is 32.1. The highest BCUT2D eigenvalue weighted by molar-refractivity contribution is 7.19. The van der Waals surface area contributed by atoms with Crippen molar-refractivity contribution in [3.63, 3.8) is 0 Å². The summed E-state index contributed by atoms with van der Waals surface area (Å²) in [5.74, 6) is -0.0947. The molecule has 0 saturated carbocycles. The highest BCUT2D eigenvalue weighted by Gasteiger charge is 2.28. The molecule has 8 nitrogen and oxygen atoms in total. The molecule has 0 unspecified atom stereocenters. The lowest BCUT2D eigenvalue weighted by molar-refractivity contribution is -0.114. The average Bonchev–Trinajstić information content (AvgIpc) is 3.33. The number of aromatic nitrogens is 4. The molecule has 1 aliphatic carbocycles. The summed E-state index contributed by atoms with van der Waals surface area (Å²) < 4.78 is 7.67. The van der Waals surface area contributed by atoms with Gasteiger partial charge in [-0.2, -0.15) is 5.10 Å². The highest BCUT2D eigenvalue weighted by Crippen LogP contribution is 2.42. The number of morpholine rings is 1. The van der Waals surface area contributed by atoms with Crippen LogP contribution < -0.4 is 5.32 Å². The summed E-state index contributed by atoms with van der Waals surface area (Å²) in [7, 11) is 0. The number of fused-ring (bicyclic) bond motifs is 3. The summed E-state index contributed by atoms with van der Waals surface area (Å²) in [5, 5.41) is 8.66. The maximum absolute atomic E-state index is 11.6. The van der Waals surface area contributed by atoms with Crippen molar-refractivity contribution in [2.24, 2.45) is 0 Å². The first-order chi connectivity index (χ1) is 16.1. The van der Waals surface area contributed by atoms with E-state index in [0.717, 1.165) is 98.3 Å². The molecule has 1 saturated heterocycles. The van der Waals surface area contributed by atoms with Gasteiger partial charge >= 0.3 is 0 Å². The SMILES string of the molecule is CCc1ccc(-c2nn(CCN3CCOCC3)c3c2CCCc2nc(NC(C)=O)sc2-3)cn1. The van der Waals surface area contributed by atoms with Crippen LogP contribution in [0.4, 0.5) is 5.13 Å². The lowest BCUT2D eigenvalue weighted by Crippen LogP contribution is -2.38. The largest absolute Gasteiger partial charge is 0.379 e. The molecule has 0 bridgehead atoms. The number of amides is 1. The van der Waals surface area contributed by atoms with E-state index in [0.29, 0.717) is 5.13 Å². The molecule has 33 heavy (non-hydrogen) atoms. The lowest BCUT2D eigenvalue weighted by atomic mass is 10.0. The van der Waals surface area contributed by atoms with Crippen LogP contribution in [-0.4, -0.2) is 63.4 Å². The molecule has 1 N–H and O–H groups in total. The number of thiazole rings is 1. The van der Waals surface area contributed by atoms with E-state index in [9.17, 15) is 4.79 Å². The van der Waals surface area contributed by atoms with Crippen LogP contribution in [0, 0.1) is 0 Å². The van der Waals surface area contributed by atoms with Crippen LogP contribution in [0.3, 0.4) is 0 Å². The minimum Gasteiger partial charge on any atom is -0.379 e. The molecular formula is C24H30N6O2S. The molecule has 4 heterocycles. The van der Waals surface area contributed by atoms with E-state index < -0.39 is 0 Å². The first-order valence-corrected chi connectivity index (χ1v) is 12.6. The molecule has 1 amide bonds. The molecule has 3 aromatic heterocycles. The van der Waals surface area contributed by atoms with Gasteiger partial charge in [0.15, 0.2) is 5.13 Å². The van der Waals surface area contributed by atoms with Crippen LogP contribution in [0.5, 0.6) is 0 Å². The van der Waals surface area contributed by atoms with Gasteiger partial charge < -0.3 is 10.1 Å². The number of anilines is 1. The zero-order valence-electron chi connectivity index (χ0n) is 19.3.